The number of aromatic nitrogens is 1. The van der Waals surface area contributed by atoms with Crippen molar-refractivity contribution in [2.75, 3.05) is 27.7 Å². The summed E-state index contributed by atoms with van der Waals surface area (Å²) in [7, 11) is 5.73. The van der Waals surface area contributed by atoms with Crippen molar-refractivity contribution >= 4 is 43.6 Å². The summed E-state index contributed by atoms with van der Waals surface area (Å²) in [6.45, 7) is 0.706. The van der Waals surface area contributed by atoms with Gasteiger partial charge in [0.25, 0.3) is 0 Å². The second-order valence-electron chi connectivity index (χ2n) is 10.6. The second-order valence-corrected chi connectivity index (χ2v) is 11.5. The molecular formula is C34H32BrF3N2O4. The van der Waals surface area contributed by atoms with E-state index < -0.39 is 23.7 Å². The molecule has 0 fully saturated rings. The van der Waals surface area contributed by atoms with Gasteiger partial charge in [-0.2, -0.15) is 13.2 Å². The molecule has 6 nitrogen and oxygen atoms in total. The lowest BCUT2D eigenvalue weighted by Crippen LogP contribution is -2.38. The number of carboxylic acid groups (broad SMARTS) is 1. The van der Waals surface area contributed by atoms with Gasteiger partial charge in [0.2, 0.25) is 5.88 Å². The SMILES string of the molecule is COc1nc2ccc(Br)cc2cc1[C@@H](c1ccccc1)[C@@](O)(CCN(C)C)c1cccc2ccccc12.O=C(O)C(F)(F)F. The summed E-state index contributed by atoms with van der Waals surface area (Å²) in [5.41, 5.74) is 2.36. The predicted molar refractivity (Wildman–Crippen MR) is 169 cm³/mol. The number of carboxylic acids is 1. The first-order valence-corrected chi connectivity index (χ1v) is 14.5. The topological polar surface area (TPSA) is 82.9 Å². The number of hydrogen-bond acceptors (Lipinski definition) is 5. The van der Waals surface area contributed by atoms with Crippen molar-refractivity contribution in [2.24, 2.45) is 0 Å². The van der Waals surface area contributed by atoms with Crippen LogP contribution in [0.15, 0.2) is 102 Å². The number of fused-ring (bicyclic) bond motifs is 2. The Kier molecular flexibility index (Phi) is 10.3. The standard InChI is InChI=1S/C32H31BrN2O2.C2HF3O2/c1-35(2)19-18-32(36,28-15-9-13-22-10-7-8-14-26(22)28)30(23-11-5-4-6-12-23)27-21-24-20-25(33)16-17-29(24)34-31(27)37-3;3-2(4,5)1(6)7/h4-17,20-21,30,36H,18-19H2,1-3H3;(H,6,7)/t30-,32-;/m1./s1. The molecule has 1 aromatic heterocycles. The Morgan fingerprint density at radius 1 is 0.932 bits per heavy atom. The Morgan fingerprint density at radius 3 is 2.20 bits per heavy atom. The van der Waals surface area contributed by atoms with Gasteiger partial charge in [0.15, 0.2) is 0 Å². The molecule has 2 N–H and O–H groups in total. The van der Waals surface area contributed by atoms with E-state index in [1.807, 2.05) is 62.6 Å². The molecule has 0 spiro atoms. The van der Waals surface area contributed by atoms with Crippen molar-refractivity contribution < 1.29 is 32.9 Å². The molecule has 0 aliphatic rings. The molecule has 0 bridgehead atoms. The van der Waals surface area contributed by atoms with Crippen molar-refractivity contribution in [1.29, 1.82) is 0 Å². The fourth-order valence-electron chi connectivity index (χ4n) is 5.31. The van der Waals surface area contributed by atoms with E-state index in [9.17, 15) is 18.3 Å². The van der Waals surface area contributed by atoms with Crippen molar-refractivity contribution in [1.82, 2.24) is 9.88 Å². The van der Waals surface area contributed by atoms with Gasteiger partial charge in [0, 0.05) is 27.9 Å². The van der Waals surface area contributed by atoms with Gasteiger partial charge in [-0.05, 0) is 66.7 Å². The largest absolute Gasteiger partial charge is 0.490 e. The maximum Gasteiger partial charge on any atom is 0.490 e. The van der Waals surface area contributed by atoms with Gasteiger partial charge < -0.3 is 19.8 Å². The van der Waals surface area contributed by atoms with Gasteiger partial charge in [-0.15, -0.1) is 0 Å². The average molecular weight is 670 g/mol. The first-order chi connectivity index (χ1) is 20.8. The van der Waals surface area contributed by atoms with Crippen LogP contribution in [0.2, 0.25) is 0 Å². The van der Waals surface area contributed by atoms with Crippen LogP contribution in [0.5, 0.6) is 5.88 Å². The van der Waals surface area contributed by atoms with Crippen molar-refractivity contribution in [2.45, 2.75) is 24.1 Å². The summed E-state index contributed by atoms with van der Waals surface area (Å²) in [6, 6.07) is 32.8. The summed E-state index contributed by atoms with van der Waals surface area (Å²) >= 11 is 3.60. The highest BCUT2D eigenvalue weighted by Gasteiger charge is 2.43. The number of carbonyl (C=O) groups is 1. The molecule has 0 saturated carbocycles. The monoisotopic (exact) mass is 668 g/mol. The molecule has 5 rings (SSSR count). The van der Waals surface area contributed by atoms with Crippen LogP contribution in [-0.2, 0) is 10.4 Å². The lowest BCUT2D eigenvalue weighted by atomic mass is 9.70. The Bertz CT molecular complexity index is 1740. The van der Waals surface area contributed by atoms with E-state index in [1.54, 1.807) is 7.11 Å². The third kappa shape index (κ3) is 7.38. The molecule has 10 heteroatoms. The van der Waals surface area contributed by atoms with E-state index in [0.717, 1.165) is 42.8 Å². The highest BCUT2D eigenvalue weighted by Crippen LogP contribution is 2.49. The number of halogens is 4. The Morgan fingerprint density at radius 2 is 1.57 bits per heavy atom. The van der Waals surface area contributed by atoms with E-state index in [4.69, 9.17) is 19.6 Å². The smallest absolute Gasteiger partial charge is 0.481 e. The molecule has 0 aliphatic heterocycles. The van der Waals surface area contributed by atoms with Crippen LogP contribution < -0.4 is 4.74 Å². The fraction of sp³-hybridized carbons (Fsp3) is 0.235. The van der Waals surface area contributed by atoms with E-state index in [2.05, 4.69) is 69.4 Å². The number of methoxy groups -OCH3 is 1. The number of nitrogens with zero attached hydrogens (tertiary/aromatic N) is 2. The number of aliphatic hydroxyl groups is 1. The molecule has 0 unspecified atom stereocenters. The van der Waals surface area contributed by atoms with E-state index in [-0.39, 0.29) is 0 Å². The molecule has 5 aromatic rings. The number of alkyl halides is 3. The second kappa shape index (κ2) is 13.8. The fourth-order valence-corrected chi connectivity index (χ4v) is 5.68. The Labute approximate surface area is 261 Å². The first kappa shape index (κ1) is 32.9. The minimum Gasteiger partial charge on any atom is -0.481 e. The number of rotatable bonds is 8. The third-order valence-electron chi connectivity index (χ3n) is 7.32. The van der Waals surface area contributed by atoms with Gasteiger partial charge in [0.1, 0.15) is 5.60 Å². The number of benzene rings is 4. The molecule has 44 heavy (non-hydrogen) atoms. The van der Waals surface area contributed by atoms with Crippen molar-refractivity contribution in [3.8, 4) is 5.88 Å². The molecule has 2 atom stereocenters. The lowest BCUT2D eigenvalue weighted by Gasteiger charge is -2.39. The first-order valence-electron chi connectivity index (χ1n) is 13.7. The van der Waals surface area contributed by atoms with Gasteiger partial charge in [-0.25, -0.2) is 9.78 Å². The summed E-state index contributed by atoms with van der Waals surface area (Å²) in [5, 5.41) is 23.3. The van der Waals surface area contributed by atoms with E-state index in [1.165, 1.54) is 0 Å². The Hall–Kier alpha value is -3.99. The molecule has 0 radical (unpaired) electrons. The van der Waals surface area contributed by atoms with Gasteiger partial charge in [0.05, 0.1) is 12.6 Å². The predicted octanol–water partition coefficient (Wildman–Crippen LogP) is 7.76. The number of pyridine rings is 1. The van der Waals surface area contributed by atoms with Gasteiger partial charge in [-0.1, -0.05) is 88.7 Å². The quantitative estimate of drug-likeness (QED) is 0.176. The van der Waals surface area contributed by atoms with E-state index in [0.29, 0.717) is 18.8 Å². The van der Waals surface area contributed by atoms with Crippen LogP contribution in [0.25, 0.3) is 21.7 Å². The number of hydrogen-bond donors (Lipinski definition) is 2. The molecule has 1 heterocycles. The third-order valence-corrected chi connectivity index (χ3v) is 7.82. The van der Waals surface area contributed by atoms with Gasteiger partial charge in [-0.3, -0.25) is 0 Å². The summed E-state index contributed by atoms with van der Waals surface area (Å²) in [5.74, 6) is -2.66. The van der Waals surface area contributed by atoms with Gasteiger partial charge >= 0.3 is 12.1 Å². The van der Waals surface area contributed by atoms with Crippen LogP contribution in [0.4, 0.5) is 13.2 Å². The van der Waals surface area contributed by atoms with Crippen molar-refractivity contribution in [3.63, 3.8) is 0 Å². The van der Waals surface area contributed by atoms with Crippen molar-refractivity contribution in [3.05, 3.63) is 118 Å². The minimum absolute atomic E-state index is 0.426. The van der Waals surface area contributed by atoms with Crippen LogP contribution in [-0.4, -0.2) is 60.0 Å². The Balaban J connectivity index is 0.000000566. The maximum absolute atomic E-state index is 13.0. The molecule has 0 saturated heterocycles. The minimum atomic E-state index is -5.08. The average Bonchev–Trinajstić information content (AvgIpc) is 3.00. The van der Waals surface area contributed by atoms with Crippen LogP contribution >= 0.6 is 15.9 Å². The molecular weight excluding hydrogens is 637 g/mol. The normalized spacial score (nSPS) is 13.7. The number of aliphatic carboxylic acids is 1. The molecule has 0 amide bonds. The lowest BCUT2D eigenvalue weighted by molar-refractivity contribution is -0.192. The summed E-state index contributed by atoms with van der Waals surface area (Å²) in [6.07, 6.45) is -4.56. The zero-order valence-corrected chi connectivity index (χ0v) is 25.9. The zero-order valence-electron chi connectivity index (χ0n) is 24.3. The van der Waals surface area contributed by atoms with Crippen LogP contribution in [0, 0.1) is 0 Å². The summed E-state index contributed by atoms with van der Waals surface area (Å²) in [4.78, 5) is 15.9. The van der Waals surface area contributed by atoms with Crippen LogP contribution in [0.3, 0.4) is 0 Å². The number of ether oxygens (including phenoxy) is 1. The zero-order chi connectivity index (χ0) is 32.1. The molecule has 230 valence electrons. The molecule has 0 aliphatic carbocycles. The molecule has 4 aromatic carbocycles. The van der Waals surface area contributed by atoms with Crippen LogP contribution in [0.1, 0.15) is 29.0 Å². The summed E-state index contributed by atoms with van der Waals surface area (Å²) < 4.78 is 38.6. The highest BCUT2D eigenvalue weighted by molar-refractivity contribution is 9.10. The maximum atomic E-state index is 13.0. The highest BCUT2D eigenvalue weighted by atomic mass is 79.9. The van der Waals surface area contributed by atoms with E-state index >= 15 is 0 Å².